The molecule has 0 spiro atoms. The highest BCUT2D eigenvalue weighted by Gasteiger charge is 2.23. The lowest BCUT2D eigenvalue weighted by Crippen LogP contribution is -2.37. The molecule has 2 aromatic heterocycles. The largest absolute Gasteiger partial charge is 0.371 e. The van der Waals surface area contributed by atoms with Crippen LogP contribution in [0.25, 0.3) is 10.9 Å². The fourth-order valence-corrected chi connectivity index (χ4v) is 4.53. The van der Waals surface area contributed by atoms with Crippen LogP contribution in [0.4, 0.5) is 5.69 Å². The van der Waals surface area contributed by atoms with Crippen molar-refractivity contribution in [1.29, 1.82) is 0 Å². The molecule has 3 aromatic rings. The third-order valence-corrected chi connectivity index (χ3v) is 6.04. The second-order valence-corrected chi connectivity index (χ2v) is 7.77. The van der Waals surface area contributed by atoms with Crippen LogP contribution in [-0.2, 0) is 19.4 Å². The number of hydrogen-bond acceptors (Lipinski definition) is 4. The minimum atomic E-state index is 0.0678. The summed E-state index contributed by atoms with van der Waals surface area (Å²) in [6, 6.07) is 12.3. The molecule has 1 aromatic carbocycles. The van der Waals surface area contributed by atoms with E-state index in [-0.39, 0.29) is 5.56 Å². The van der Waals surface area contributed by atoms with Crippen molar-refractivity contribution in [3.05, 3.63) is 64.2 Å². The summed E-state index contributed by atoms with van der Waals surface area (Å²) in [5.74, 6) is 0.513. The van der Waals surface area contributed by atoms with E-state index in [1.54, 1.807) is 4.68 Å². The molecule has 0 bridgehead atoms. The number of rotatable bonds is 3. The van der Waals surface area contributed by atoms with Crippen LogP contribution < -0.4 is 10.5 Å². The number of fused-ring (bicyclic) bond motifs is 2. The highest BCUT2D eigenvalue weighted by molar-refractivity contribution is 5.91. The van der Waals surface area contributed by atoms with Crippen molar-refractivity contribution in [1.82, 2.24) is 14.8 Å². The number of anilines is 1. The maximum atomic E-state index is 12.4. The van der Waals surface area contributed by atoms with Crippen LogP contribution in [-0.4, -0.2) is 27.9 Å². The van der Waals surface area contributed by atoms with E-state index in [1.165, 1.54) is 11.1 Å². The molecule has 27 heavy (non-hydrogen) atoms. The molecule has 5 nitrogen and oxygen atoms in total. The smallest absolute Gasteiger partial charge is 0.267 e. The van der Waals surface area contributed by atoms with E-state index in [2.05, 4.69) is 39.2 Å². The minimum Gasteiger partial charge on any atom is -0.371 e. The number of hydrogen-bond donors (Lipinski definition) is 0. The zero-order valence-corrected chi connectivity index (χ0v) is 15.5. The minimum absolute atomic E-state index is 0.0678. The molecule has 1 saturated heterocycles. The van der Waals surface area contributed by atoms with Crippen LogP contribution >= 0.6 is 0 Å². The van der Waals surface area contributed by atoms with Crippen LogP contribution in [0, 0.1) is 5.92 Å². The fourth-order valence-electron chi connectivity index (χ4n) is 4.53. The van der Waals surface area contributed by atoms with Gasteiger partial charge in [-0.1, -0.05) is 18.2 Å². The van der Waals surface area contributed by atoms with Gasteiger partial charge < -0.3 is 4.90 Å². The maximum Gasteiger partial charge on any atom is 0.267 e. The Kier molecular flexibility index (Phi) is 4.15. The first-order valence-electron chi connectivity index (χ1n) is 9.96. The summed E-state index contributed by atoms with van der Waals surface area (Å²) in [4.78, 5) is 19.3. The second kappa shape index (κ2) is 6.80. The molecule has 0 radical (unpaired) electrons. The fraction of sp³-hybridized carbons (Fsp3) is 0.409. The van der Waals surface area contributed by atoms with E-state index in [9.17, 15) is 4.79 Å². The Labute approximate surface area is 158 Å². The Morgan fingerprint density at radius 3 is 2.81 bits per heavy atom. The lowest BCUT2D eigenvalue weighted by Gasteiger charge is -2.34. The van der Waals surface area contributed by atoms with E-state index in [1.807, 2.05) is 18.3 Å². The van der Waals surface area contributed by atoms with Gasteiger partial charge >= 0.3 is 0 Å². The molecule has 0 saturated carbocycles. The number of piperidine rings is 1. The molecule has 0 unspecified atom stereocenters. The van der Waals surface area contributed by atoms with E-state index in [0.29, 0.717) is 5.92 Å². The van der Waals surface area contributed by atoms with E-state index < -0.39 is 0 Å². The average molecular weight is 360 g/mol. The van der Waals surface area contributed by atoms with Crippen molar-refractivity contribution < 1.29 is 0 Å². The molecule has 5 heteroatoms. The SMILES string of the molecule is O=c1cc2c(nn1CC1CCN(c3ccnc4ccccc34)CC1)CCC2. The van der Waals surface area contributed by atoms with Crippen molar-refractivity contribution >= 4 is 16.6 Å². The van der Waals surface area contributed by atoms with E-state index >= 15 is 0 Å². The van der Waals surface area contributed by atoms with E-state index in [4.69, 9.17) is 0 Å². The highest BCUT2D eigenvalue weighted by atomic mass is 16.1. The van der Waals surface area contributed by atoms with Gasteiger partial charge in [0.15, 0.2) is 0 Å². The van der Waals surface area contributed by atoms with Gasteiger partial charge in [-0.05, 0) is 55.7 Å². The van der Waals surface area contributed by atoms with Crippen LogP contribution in [0.2, 0.25) is 0 Å². The topological polar surface area (TPSA) is 51.0 Å². The molecule has 138 valence electrons. The number of pyridine rings is 1. The summed E-state index contributed by atoms with van der Waals surface area (Å²) in [6.45, 7) is 2.77. The van der Waals surface area contributed by atoms with Crippen molar-refractivity contribution in [2.45, 2.75) is 38.6 Å². The zero-order chi connectivity index (χ0) is 18.2. The number of para-hydroxylation sites is 1. The van der Waals surface area contributed by atoms with Crippen LogP contribution in [0.1, 0.15) is 30.5 Å². The molecule has 0 amide bonds. The first-order chi connectivity index (χ1) is 13.3. The quantitative estimate of drug-likeness (QED) is 0.720. The Morgan fingerprint density at radius 1 is 1.07 bits per heavy atom. The third kappa shape index (κ3) is 3.11. The molecule has 3 heterocycles. The molecule has 0 atom stereocenters. The van der Waals surface area contributed by atoms with Crippen LogP contribution in [0.3, 0.4) is 0 Å². The lowest BCUT2D eigenvalue weighted by molar-refractivity contribution is 0.334. The Hall–Kier alpha value is -2.69. The van der Waals surface area contributed by atoms with Gasteiger partial charge in [0.25, 0.3) is 5.56 Å². The summed E-state index contributed by atoms with van der Waals surface area (Å²) in [5.41, 5.74) is 4.68. The summed E-state index contributed by atoms with van der Waals surface area (Å²) in [7, 11) is 0. The molecular formula is C22H24N4O. The average Bonchev–Trinajstić information content (AvgIpc) is 3.15. The molecule has 2 aliphatic rings. The standard InChI is InChI=1S/C22H24N4O/c27-22-14-17-4-3-7-19(17)24-26(22)15-16-9-12-25(13-10-16)21-8-11-23-20-6-2-1-5-18(20)21/h1-2,5-6,8,11,14,16H,3-4,7,9-10,12-13,15H2. The third-order valence-electron chi connectivity index (χ3n) is 6.04. The van der Waals surface area contributed by atoms with E-state index in [0.717, 1.165) is 68.5 Å². The molecule has 1 fully saturated rings. The Morgan fingerprint density at radius 2 is 1.93 bits per heavy atom. The first kappa shape index (κ1) is 16.5. The summed E-state index contributed by atoms with van der Waals surface area (Å²) < 4.78 is 1.71. The van der Waals surface area contributed by atoms with Crippen LogP contribution in [0.5, 0.6) is 0 Å². The van der Waals surface area contributed by atoms with Crippen molar-refractivity contribution in [3.63, 3.8) is 0 Å². The van der Waals surface area contributed by atoms with Gasteiger partial charge in [-0.15, -0.1) is 0 Å². The van der Waals surface area contributed by atoms with Crippen LogP contribution in [0.15, 0.2) is 47.4 Å². The number of benzene rings is 1. The monoisotopic (exact) mass is 360 g/mol. The summed E-state index contributed by atoms with van der Waals surface area (Å²) >= 11 is 0. The predicted molar refractivity (Wildman–Crippen MR) is 107 cm³/mol. The van der Waals surface area contributed by atoms with Gasteiger partial charge in [0.1, 0.15) is 0 Å². The zero-order valence-electron chi connectivity index (χ0n) is 15.5. The maximum absolute atomic E-state index is 12.4. The van der Waals surface area contributed by atoms with Gasteiger partial charge in [0, 0.05) is 43.0 Å². The summed E-state index contributed by atoms with van der Waals surface area (Å²) in [5, 5.41) is 5.86. The Bertz CT molecular complexity index is 1030. The molecular weight excluding hydrogens is 336 g/mol. The van der Waals surface area contributed by atoms with Gasteiger partial charge in [-0.3, -0.25) is 9.78 Å². The normalized spacial score (nSPS) is 17.4. The molecule has 1 aliphatic carbocycles. The van der Waals surface area contributed by atoms with Gasteiger partial charge in [0.05, 0.1) is 11.2 Å². The van der Waals surface area contributed by atoms with Crippen molar-refractivity contribution in [2.24, 2.45) is 5.92 Å². The van der Waals surface area contributed by atoms with Crippen molar-refractivity contribution in [2.75, 3.05) is 18.0 Å². The summed E-state index contributed by atoms with van der Waals surface area (Å²) in [6.07, 6.45) is 7.23. The van der Waals surface area contributed by atoms with Gasteiger partial charge in [0.2, 0.25) is 0 Å². The highest BCUT2D eigenvalue weighted by Crippen LogP contribution is 2.29. The second-order valence-electron chi connectivity index (χ2n) is 7.77. The molecule has 5 rings (SSSR count). The number of nitrogens with zero attached hydrogens (tertiary/aromatic N) is 4. The molecule has 0 N–H and O–H groups in total. The Balaban J connectivity index is 1.30. The number of aromatic nitrogens is 3. The number of aryl methyl sites for hydroxylation is 2. The lowest BCUT2D eigenvalue weighted by atomic mass is 9.96. The van der Waals surface area contributed by atoms with Gasteiger partial charge in [-0.25, -0.2) is 4.68 Å². The van der Waals surface area contributed by atoms with Crippen molar-refractivity contribution in [3.8, 4) is 0 Å². The van der Waals surface area contributed by atoms with Gasteiger partial charge in [-0.2, -0.15) is 5.10 Å². The molecule has 1 aliphatic heterocycles. The predicted octanol–water partition coefficient (Wildman–Crippen LogP) is 3.20. The first-order valence-corrected chi connectivity index (χ1v) is 9.96.